The first-order valence-electron chi connectivity index (χ1n) is 5.35. The second-order valence-corrected chi connectivity index (χ2v) is 3.69. The van der Waals surface area contributed by atoms with E-state index in [2.05, 4.69) is 17.4 Å². The Morgan fingerprint density at radius 3 is 3.06 bits per heavy atom. The van der Waals surface area contributed by atoms with Gasteiger partial charge in [-0.3, -0.25) is 10.5 Å². The highest BCUT2D eigenvalue weighted by atomic mass is 16.3. The van der Waals surface area contributed by atoms with Gasteiger partial charge in [0, 0.05) is 23.9 Å². The predicted octanol–water partition coefficient (Wildman–Crippen LogP) is 1.44. The fourth-order valence-corrected chi connectivity index (χ4v) is 1.70. The van der Waals surface area contributed by atoms with Crippen molar-refractivity contribution in [3.8, 4) is 0 Å². The van der Waals surface area contributed by atoms with Gasteiger partial charge in [-0.25, -0.2) is 5.43 Å². The normalized spacial score (nSPS) is 12.9. The summed E-state index contributed by atoms with van der Waals surface area (Å²) in [6.07, 6.45) is 8.21. The lowest BCUT2D eigenvalue weighted by atomic mass is 10.1. The van der Waals surface area contributed by atoms with Crippen LogP contribution in [0.4, 0.5) is 0 Å². The zero-order valence-corrected chi connectivity index (χ0v) is 9.26. The van der Waals surface area contributed by atoms with Crippen molar-refractivity contribution in [1.82, 2.24) is 15.2 Å². The molecule has 16 heavy (non-hydrogen) atoms. The molecule has 1 unspecified atom stereocenters. The molecule has 2 aromatic rings. The maximum Gasteiger partial charge on any atom is 0.0954 e. The van der Waals surface area contributed by atoms with E-state index < -0.39 is 0 Å². The molecule has 0 saturated carbocycles. The van der Waals surface area contributed by atoms with Crippen LogP contribution < -0.4 is 11.3 Å². The average molecular weight is 220 g/mol. The van der Waals surface area contributed by atoms with Gasteiger partial charge < -0.3 is 4.42 Å². The molecule has 3 N–H and O–H groups in total. The molecule has 0 aliphatic heterocycles. The first-order chi connectivity index (χ1) is 7.85. The van der Waals surface area contributed by atoms with Crippen LogP contribution in [0.2, 0.25) is 0 Å². The molecule has 0 saturated heterocycles. The van der Waals surface area contributed by atoms with Gasteiger partial charge in [-0.1, -0.05) is 6.92 Å². The van der Waals surface area contributed by atoms with Crippen LogP contribution in [0.25, 0.3) is 0 Å². The highest BCUT2D eigenvalue weighted by Gasteiger charge is 2.15. The van der Waals surface area contributed by atoms with E-state index in [1.54, 1.807) is 12.5 Å². The Labute approximate surface area is 94.2 Å². The van der Waals surface area contributed by atoms with Crippen molar-refractivity contribution < 1.29 is 4.42 Å². The summed E-state index contributed by atoms with van der Waals surface area (Å²) in [6.45, 7) is 3.04. The summed E-state index contributed by atoms with van der Waals surface area (Å²) in [5.74, 6) is 5.55. The topological polar surface area (TPSA) is 69.0 Å². The zero-order chi connectivity index (χ0) is 11.4. The molecular weight excluding hydrogens is 204 g/mol. The Hall–Kier alpha value is -1.59. The third-order valence-electron chi connectivity index (χ3n) is 2.48. The average Bonchev–Trinajstić information content (AvgIpc) is 2.92. The van der Waals surface area contributed by atoms with E-state index in [1.807, 2.05) is 23.1 Å². The maximum absolute atomic E-state index is 5.55. The van der Waals surface area contributed by atoms with Crippen LogP contribution >= 0.6 is 0 Å². The monoisotopic (exact) mass is 220 g/mol. The predicted molar refractivity (Wildman–Crippen MR) is 60.4 cm³/mol. The maximum atomic E-state index is 5.55. The minimum absolute atomic E-state index is 0.0654. The third kappa shape index (κ3) is 2.15. The summed E-state index contributed by atoms with van der Waals surface area (Å²) < 4.78 is 6.97. The number of nitrogens with zero attached hydrogens (tertiary/aromatic N) is 2. The van der Waals surface area contributed by atoms with Crippen LogP contribution in [0, 0.1) is 0 Å². The van der Waals surface area contributed by atoms with E-state index >= 15 is 0 Å². The van der Waals surface area contributed by atoms with Gasteiger partial charge >= 0.3 is 0 Å². The summed E-state index contributed by atoms with van der Waals surface area (Å²) in [5, 5.41) is 4.28. The van der Waals surface area contributed by atoms with Gasteiger partial charge in [-0.15, -0.1) is 0 Å². The van der Waals surface area contributed by atoms with Crippen molar-refractivity contribution >= 4 is 0 Å². The van der Waals surface area contributed by atoms with Gasteiger partial charge in [0.15, 0.2) is 0 Å². The molecule has 0 aliphatic rings. The molecule has 2 aromatic heterocycles. The molecule has 86 valence electrons. The van der Waals surface area contributed by atoms with E-state index in [0.717, 1.165) is 24.1 Å². The molecule has 0 aliphatic carbocycles. The Morgan fingerprint density at radius 1 is 1.56 bits per heavy atom. The van der Waals surface area contributed by atoms with E-state index in [9.17, 15) is 0 Å². The SMILES string of the molecule is CCCn1cc(C(NN)c2ccoc2)cn1. The summed E-state index contributed by atoms with van der Waals surface area (Å²) in [5.41, 5.74) is 4.80. The third-order valence-corrected chi connectivity index (χ3v) is 2.48. The van der Waals surface area contributed by atoms with Crippen LogP contribution in [0.5, 0.6) is 0 Å². The van der Waals surface area contributed by atoms with Gasteiger partial charge in [0.25, 0.3) is 0 Å². The number of furan rings is 1. The molecule has 0 fully saturated rings. The van der Waals surface area contributed by atoms with E-state index in [-0.39, 0.29) is 6.04 Å². The molecule has 5 nitrogen and oxygen atoms in total. The molecule has 5 heteroatoms. The number of hydrogen-bond donors (Lipinski definition) is 2. The van der Waals surface area contributed by atoms with Gasteiger partial charge in [0.2, 0.25) is 0 Å². The van der Waals surface area contributed by atoms with Crippen LogP contribution in [0.3, 0.4) is 0 Å². The van der Waals surface area contributed by atoms with Gasteiger partial charge in [0.05, 0.1) is 24.8 Å². The van der Waals surface area contributed by atoms with Crippen molar-refractivity contribution in [3.05, 3.63) is 42.1 Å². The lowest BCUT2D eigenvalue weighted by molar-refractivity contribution is 0.552. The first kappa shape index (κ1) is 10.9. The number of nitrogens with two attached hydrogens (primary N) is 1. The fraction of sp³-hybridized carbons (Fsp3) is 0.364. The van der Waals surface area contributed by atoms with Crippen molar-refractivity contribution in [2.45, 2.75) is 25.9 Å². The Morgan fingerprint density at radius 2 is 2.44 bits per heavy atom. The van der Waals surface area contributed by atoms with E-state index in [4.69, 9.17) is 10.3 Å². The van der Waals surface area contributed by atoms with Gasteiger partial charge in [0.1, 0.15) is 0 Å². The fourth-order valence-electron chi connectivity index (χ4n) is 1.70. The molecular formula is C11H16N4O. The van der Waals surface area contributed by atoms with E-state index in [0.29, 0.717) is 0 Å². The molecule has 0 radical (unpaired) electrons. The molecule has 0 amide bonds. The number of aryl methyl sites for hydroxylation is 1. The van der Waals surface area contributed by atoms with Crippen LogP contribution in [0.15, 0.2) is 35.4 Å². The highest BCUT2D eigenvalue weighted by molar-refractivity contribution is 5.25. The van der Waals surface area contributed by atoms with E-state index in [1.165, 1.54) is 0 Å². The number of aromatic nitrogens is 2. The number of hydrogen-bond acceptors (Lipinski definition) is 4. The highest BCUT2D eigenvalue weighted by Crippen LogP contribution is 2.20. The Balaban J connectivity index is 2.20. The number of hydrazine groups is 1. The largest absolute Gasteiger partial charge is 0.472 e. The number of rotatable bonds is 5. The van der Waals surface area contributed by atoms with Gasteiger partial charge in [-0.05, 0) is 12.5 Å². The Kier molecular flexibility index (Phi) is 3.38. The summed E-state index contributed by atoms with van der Waals surface area (Å²) >= 11 is 0. The quantitative estimate of drug-likeness (QED) is 0.591. The molecule has 0 bridgehead atoms. The van der Waals surface area contributed by atoms with Crippen molar-refractivity contribution in [2.75, 3.05) is 0 Å². The lowest BCUT2D eigenvalue weighted by Gasteiger charge is -2.11. The number of nitrogens with one attached hydrogen (secondary N) is 1. The van der Waals surface area contributed by atoms with Crippen molar-refractivity contribution in [3.63, 3.8) is 0 Å². The standard InChI is InChI=1S/C11H16N4O/c1-2-4-15-7-10(6-13-15)11(14-12)9-3-5-16-8-9/h3,5-8,11,14H,2,4,12H2,1H3. The van der Waals surface area contributed by atoms with Crippen LogP contribution in [-0.2, 0) is 6.54 Å². The molecule has 1 atom stereocenters. The second kappa shape index (κ2) is 4.96. The Bertz CT molecular complexity index is 421. The first-order valence-corrected chi connectivity index (χ1v) is 5.35. The smallest absolute Gasteiger partial charge is 0.0954 e. The van der Waals surface area contributed by atoms with Crippen molar-refractivity contribution in [1.29, 1.82) is 0 Å². The molecule has 2 heterocycles. The summed E-state index contributed by atoms with van der Waals surface area (Å²) in [6, 6.07) is 1.83. The van der Waals surface area contributed by atoms with Crippen LogP contribution in [0.1, 0.15) is 30.5 Å². The lowest BCUT2D eigenvalue weighted by Crippen LogP contribution is -2.28. The van der Waals surface area contributed by atoms with Gasteiger partial charge in [-0.2, -0.15) is 5.10 Å². The molecule has 2 rings (SSSR count). The minimum Gasteiger partial charge on any atom is -0.472 e. The molecule has 0 spiro atoms. The van der Waals surface area contributed by atoms with Crippen molar-refractivity contribution in [2.24, 2.45) is 5.84 Å². The zero-order valence-electron chi connectivity index (χ0n) is 9.26. The summed E-state index contributed by atoms with van der Waals surface area (Å²) in [7, 11) is 0. The second-order valence-electron chi connectivity index (χ2n) is 3.69. The summed E-state index contributed by atoms with van der Waals surface area (Å²) in [4.78, 5) is 0. The van der Waals surface area contributed by atoms with Crippen LogP contribution in [-0.4, -0.2) is 9.78 Å². The molecule has 0 aromatic carbocycles. The minimum atomic E-state index is -0.0654.